The summed E-state index contributed by atoms with van der Waals surface area (Å²) < 4.78 is 5.21. The lowest BCUT2D eigenvalue weighted by Gasteiger charge is -2.18. The van der Waals surface area contributed by atoms with Gasteiger partial charge in [0.25, 0.3) is 6.01 Å². The van der Waals surface area contributed by atoms with Gasteiger partial charge in [0.15, 0.2) is 10.4 Å². The minimum atomic E-state index is 0.142. The molecule has 0 bridgehead atoms. The third-order valence-electron chi connectivity index (χ3n) is 2.16. The standard InChI is InChI=1S/C9H13N3O2S/c1-2-12(3-4-13)7-5-6-8(15-7)11-9(10)14-6/h5,13H,2-4H2,1H3,(H2,10,11). The molecular formula is C9H13N3O2S. The first-order chi connectivity index (χ1) is 7.24. The van der Waals surface area contributed by atoms with Gasteiger partial charge in [-0.1, -0.05) is 11.3 Å². The Morgan fingerprint density at radius 1 is 1.67 bits per heavy atom. The lowest BCUT2D eigenvalue weighted by Crippen LogP contribution is -2.25. The van der Waals surface area contributed by atoms with Gasteiger partial charge in [0.05, 0.1) is 11.6 Å². The number of hydrogen-bond donors (Lipinski definition) is 2. The van der Waals surface area contributed by atoms with Crippen molar-refractivity contribution in [1.29, 1.82) is 0 Å². The van der Waals surface area contributed by atoms with Crippen molar-refractivity contribution in [2.24, 2.45) is 0 Å². The molecule has 0 unspecified atom stereocenters. The number of nitrogen functional groups attached to an aromatic ring is 1. The van der Waals surface area contributed by atoms with Gasteiger partial charge < -0.3 is 20.2 Å². The summed E-state index contributed by atoms with van der Waals surface area (Å²) in [6, 6.07) is 2.11. The lowest BCUT2D eigenvalue weighted by atomic mass is 10.5. The number of oxazole rings is 1. The zero-order valence-corrected chi connectivity index (χ0v) is 9.25. The van der Waals surface area contributed by atoms with Crippen LogP contribution in [0.5, 0.6) is 0 Å². The van der Waals surface area contributed by atoms with E-state index < -0.39 is 0 Å². The van der Waals surface area contributed by atoms with E-state index in [0.29, 0.717) is 12.1 Å². The molecule has 0 aliphatic rings. The Morgan fingerprint density at radius 2 is 2.47 bits per heavy atom. The number of thiophene rings is 1. The van der Waals surface area contributed by atoms with Crippen LogP contribution >= 0.6 is 11.3 Å². The minimum absolute atomic E-state index is 0.142. The first kappa shape index (κ1) is 10.3. The monoisotopic (exact) mass is 227 g/mol. The molecule has 0 aliphatic carbocycles. The SMILES string of the molecule is CCN(CCO)c1cc2oc(N)nc2s1. The molecule has 3 N–H and O–H groups in total. The van der Waals surface area contributed by atoms with E-state index in [1.807, 2.05) is 13.0 Å². The van der Waals surface area contributed by atoms with Crippen LogP contribution in [0.1, 0.15) is 6.92 Å². The largest absolute Gasteiger partial charge is 0.423 e. The number of nitrogens with zero attached hydrogens (tertiary/aromatic N) is 2. The Balaban J connectivity index is 2.30. The fourth-order valence-electron chi connectivity index (χ4n) is 1.44. The van der Waals surface area contributed by atoms with Crippen LogP contribution in [0.2, 0.25) is 0 Å². The van der Waals surface area contributed by atoms with E-state index in [4.69, 9.17) is 15.3 Å². The van der Waals surface area contributed by atoms with Gasteiger partial charge in [0.1, 0.15) is 0 Å². The van der Waals surface area contributed by atoms with E-state index >= 15 is 0 Å². The smallest absolute Gasteiger partial charge is 0.293 e. The Hall–Kier alpha value is -1.27. The Bertz CT molecular complexity index is 420. The predicted octanol–water partition coefficient (Wildman–Crippen LogP) is 1.29. The molecule has 2 heterocycles. The summed E-state index contributed by atoms with van der Waals surface area (Å²) in [4.78, 5) is 6.92. The Kier molecular flexibility index (Phi) is 2.79. The van der Waals surface area contributed by atoms with Gasteiger partial charge in [-0.3, -0.25) is 0 Å². The normalized spacial score (nSPS) is 11.1. The number of aromatic nitrogens is 1. The first-order valence-electron chi connectivity index (χ1n) is 4.76. The molecule has 6 heteroatoms. The number of nitrogens with two attached hydrogens (primary N) is 1. The average molecular weight is 227 g/mol. The van der Waals surface area contributed by atoms with Crippen molar-refractivity contribution in [3.05, 3.63) is 6.07 Å². The Morgan fingerprint density at radius 3 is 3.07 bits per heavy atom. The molecule has 82 valence electrons. The second-order valence-corrected chi connectivity index (χ2v) is 4.12. The number of anilines is 2. The molecule has 2 aromatic rings. The quantitative estimate of drug-likeness (QED) is 0.823. The van der Waals surface area contributed by atoms with Crippen LogP contribution in [0, 0.1) is 0 Å². The second kappa shape index (κ2) is 4.08. The zero-order valence-electron chi connectivity index (χ0n) is 8.43. The van der Waals surface area contributed by atoms with E-state index in [2.05, 4.69) is 9.88 Å². The van der Waals surface area contributed by atoms with Crippen LogP contribution in [0.4, 0.5) is 11.0 Å². The van der Waals surface area contributed by atoms with Crippen molar-refractivity contribution < 1.29 is 9.52 Å². The number of hydrogen-bond acceptors (Lipinski definition) is 6. The number of aliphatic hydroxyl groups excluding tert-OH is 1. The zero-order chi connectivity index (χ0) is 10.8. The Labute approximate surface area is 91.1 Å². The van der Waals surface area contributed by atoms with Crippen molar-refractivity contribution in [2.75, 3.05) is 30.3 Å². The maximum atomic E-state index is 8.90. The van der Waals surface area contributed by atoms with E-state index in [-0.39, 0.29) is 12.6 Å². The molecule has 0 fully saturated rings. The number of rotatable bonds is 4. The topological polar surface area (TPSA) is 75.5 Å². The van der Waals surface area contributed by atoms with Crippen molar-refractivity contribution >= 4 is 32.8 Å². The molecular weight excluding hydrogens is 214 g/mol. The summed E-state index contributed by atoms with van der Waals surface area (Å²) in [7, 11) is 0. The van der Waals surface area contributed by atoms with Gasteiger partial charge in [-0.15, -0.1) is 0 Å². The minimum Gasteiger partial charge on any atom is -0.423 e. The highest BCUT2D eigenvalue weighted by molar-refractivity contribution is 7.22. The summed E-state index contributed by atoms with van der Waals surface area (Å²) in [6.07, 6.45) is 0. The van der Waals surface area contributed by atoms with E-state index in [9.17, 15) is 0 Å². The van der Waals surface area contributed by atoms with Gasteiger partial charge in [-0.2, -0.15) is 4.98 Å². The van der Waals surface area contributed by atoms with Crippen LogP contribution in [-0.2, 0) is 0 Å². The van der Waals surface area contributed by atoms with Crippen LogP contribution < -0.4 is 10.6 Å². The highest BCUT2D eigenvalue weighted by Gasteiger charge is 2.12. The van der Waals surface area contributed by atoms with Crippen molar-refractivity contribution in [3.8, 4) is 0 Å². The highest BCUT2D eigenvalue weighted by Crippen LogP contribution is 2.32. The number of fused-ring (bicyclic) bond motifs is 1. The highest BCUT2D eigenvalue weighted by atomic mass is 32.1. The molecule has 0 saturated carbocycles. The molecule has 0 amide bonds. The van der Waals surface area contributed by atoms with Crippen LogP contribution in [0.3, 0.4) is 0 Å². The molecule has 0 spiro atoms. The summed E-state index contributed by atoms with van der Waals surface area (Å²) in [5, 5.41) is 9.95. The van der Waals surface area contributed by atoms with Crippen molar-refractivity contribution in [3.63, 3.8) is 0 Å². The van der Waals surface area contributed by atoms with Gasteiger partial charge >= 0.3 is 0 Å². The fraction of sp³-hybridized carbons (Fsp3) is 0.444. The summed E-state index contributed by atoms with van der Waals surface area (Å²) in [6.45, 7) is 3.65. The predicted molar refractivity (Wildman–Crippen MR) is 61.3 cm³/mol. The van der Waals surface area contributed by atoms with E-state index in [1.165, 1.54) is 11.3 Å². The van der Waals surface area contributed by atoms with Crippen LogP contribution in [0.25, 0.3) is 10.4 Å². The molecule has 2 aromatic heterocycles. The lowest BCUT2D eigenvalue weighted by molar-refractivity contribution is 0.302. The summed E-state index contributed by atoms with van der Waals surface area (Å²) in [5.74, 6) is 0. The average Bonchev–Trinajstić information content (AvgIpc) is 2.70. The maximum Gasteiger partial charge on any atom is 0.293 e. The maximum absolute atomic E-state index is 8.90. The van der Waals surface area contributed by atoms with Gasteiger partial charge in [-0.05, 0) is 6.92 Å². The van der Waals surface area contributed by atoms with Gasteiger partial charge in [-0.25, -0.2) is 0 Å². The van der Waals surface area contributed by atoms with Crippen molar-refractivity contribution in [2.45, 2.75) is 6.92 Å². The van der Waals surface area contributed by atoms with Crippen molar-refractivity contribution in [1.82, 2.24) is 4.98 Å². The van der Waals surface area contributed by atoms with Gasteiger partial charge in [0.2, 0.25) is 0 Å². The molecule has 5 nitrogen and oxygen atoms in total. The third kappa shape index (κ3) is 1.91. The fourth-order valence-corrected chi connectivity index (χ4v) is 2.49. The summed E-state index contributed by atoms with van der Waals surface area (Å²) in [5.41, 5.74) is 6.14. The van der Waals surface area contributed by atoms with Crippen LogP contribution in [-0.4, -0.2) is 29.8 Å². The molecule has 15 heavy (non-hydrogen) atoms. The molecule has 2 rings (SSSR count). The summed E-state index contributed by atoms with van der Waals surface area (Å²) >= 11 is 1.52. The van der Waals surface area contributed by atoms with E-state index in [1.54, 1.807) is 0 Å². The molecule has 0 saturated heterocycles. The molecule has 0 radical (unpaired) electrons. The van der Waals surface area contributed by atoms with Crippen LogP contribution in [0.15, 0.2) is 10.5 Å². The third-order valence-corrected chi connectivity index (χ3v) is 3.23. The van der Waals surface area contributed by atoms with E-state index in [0.717, 1.165) is 16.4 Å². The molecule has 0 aliphatic heterocycles. The second-order valence-electron chi connectivity index (χ2n) is 3.11. The molecule has 0 atom stereocenters. The number of aliphatic hydroxyl groups is 1. The number of likely N-dealkylation sites (N-methyl/N-ethyl adjacent to an activating group) is 1. The first-order valence-corrected chi connectivity index (χ1v) is 5.58. The van der Waals surface area contributed by atoms with Gasteiger partial charge in [0, 0.05) is 19.2 Å². The molecule has 0 aromatic carbocycles.